The summed E-state index contributed by atoms with van der Waals surface area (Å²) in [6.45, 7) is 4.63. The van der Waals surface area contributed by atoms with Crippen molar-refractivity contribution in [3.8, 4) is 0 Å². The van der Waals surface area contributed by atoms with Gasteiger partial charge in [-0.25, -0.2) is 0 Å². The summed E-state index contributed by atoms with van der Waals surface area (Å²) in [5.41, 5.74) is 4.05. The summed E-state index contributed by atoms with van der Waals surface area (Å²) in [6.07, 6.45) is 0.725. The highest BCUT2D eigenvalue weighted by Crippen LogP contribution is 2.24. The van der Waals surface area contributed by atoms with Gasteiger partial charge in [-0.1, -0.05) is 41.5 Å². The number of benzene rings is 2. The lowest BCUT2D eigenvalue weighted by molar-refractivity contribution is -0.121. The van der Waals surface area contributed by atoms with Crippen molar-refractivity contribution in [3.05, 3.63) is 70.3 Å². The van der Waals surface area contributed by atoms with Gasteiger partial charge in [0.1, 0.15) is 0 Å². The van der Waals surface area contributed by atoms with Crippen LogP contribution < -0.4 is 5.32 Å². The first-order valence-corrected chi connectivity index (χ1v) is 8.75. The summed E-state index contributed by atoms with van der Waals surface area (Å²) < 4.78 is 0. The average molecular weight is 350 g/mol. The van der Waals surface area contributed by atoms with E-state index in [4.69, 9.17) is 0 Å². The lowest BCUT2D eigenvalue weighted by Crippen LogP contribution is -2.32. The Balaban J connectivity index is 1.48. The van der Waals surface area contributed by atoms with Crippen molar-refractivity contribution in [1.82, 2.24) is 10.2 Å². The van der Waals surface area contributed by atoms with Crippen LogP contribution in [0.5, 0.6) is 0 Å². The molecule has 0 atom stereocenters. The van der Waals surface area contributed by atoms with Gasteiger partial charge in [-0.15, -0.1) is 0 Å². The normalized spacial score (nSPS) is 13.1. The number of aryl methyl sites for hydroxylation is 2. The molecule has 0 spiro atoms. The molecule has 134 valence electrons. The fourth-order valence-electron chi connectivity index (χ4n) is 3.12. The van der Waals surface area contributed by atoms with Gasteiger partial charge in [-0.05, 0) is 38.0 Å². The van der Waals surface area contributed by atoms with Crippen LogP contribution in [-0.2, 0) is 11.3 Å². The number of carbonyl (C=O) groups is 3. The number of nitrogens with one attached hydrogen (secondary N) is 1. The number of carbonyl (C=O) groups excluding carboxylic acids is 3. The van der Waals surface area contributed by atoms with Gasteiger partial charge in [0.05, 0.1) is 11.1 Å². The Bertz CT molecular complexity index is 873. The van der Waals surface area contributed by atoms with E-state index in [2.05, 4.69) is 5.32 Å². The van der Waals surface area contributed by atoms with Crippen LogP contribution in [-0.4, -0.2) is 29.2 Å². The molecule has 0 aromatic heterocycles. The third-order valence-electron chi connectivity index (χ3n) is 4.48. The fraction of sp³-hybridized carbons (Fsp3) is 0.286. The molecule has 5 nitrogen and oxygen atoms in total. The lowest BCUT2D eigenvalue weighted by Gasteiger charge is -2.13. The number of hydrogen-bond acceptors (Lipinski definition) is 3. The van der Waals surface area contributed by atoms with Crippen LogP contribution in [0.25, 0.3) is 0 Å². The van der Waals surface area contributed by atoms with Gasteiger partial charge in [0, 0.05) is 19.5 Å². The van der Waals surface area contributed by atoms with Crippen molar-refractivity contribution in [2.75, 3.05) is 6.54 Å². The van der Waals surface area contributed by atoms with Crippen molar-refractivity contribution in [2.24, 2.45) is 0 Å². The largest absolute Gasteiger partial charge is 0.352 e. The molecule has 1 N–H and O–H groups in total. The molecule has 3 amide bonds. The molecule has 5 heteroatoms. The van der Waals surface area contributed by atoms with Crippen LogP contribution in [0.1, 0.15) is 50.2 Å². The number of hydrogen-bond donors (Lipinski definition) is 1. The molecule has 3 rings (SSSR count). The van der Waals surface area contributed by atoms with Crippen LogP contribution in [0.4, 0.5) is 0 Å². The Morgan fingerprint density at radius 1 is 0.962 bits per heavy atom. The maximum absolute atomic E-state index is 12.4. The second kappa shape index (κ2) is 7.52. The summed E-state index contributed by atoms with van der Waals surface area (Å²) in [6, 6.07) is 13.2. The van der Waals surface area contributed by atoms with Gasteiger partial charge in [0.15, 0.2) is 0 Å². The first-order chi connectivity index (χ1) is 12.5. The average Bonchev–Trinajstić information content (AvgIpc) is 2.84. The predicted octanol–water partition coefficient (Wildman–Crippen LogP) is 3.00. The van der Waals surface area contributed by atoms with Crippen molar-refractivity contribution < 1.29 is 14.4 Å². The molecule has 0 saturated carbocycles. The van der Waals surface area contributed by atoms with E-state index >= 15 is 0 Å². The van der Waals surface area contributed by atoms with E-state index in [-0.39, 0.29) is 30.7 Å². The molecule has 0 bridgehead atoms. The predicted molar refractivity (Wildman–Crippen MR) is 98.8 cm³/mol. The second-order valence-corrected chi connectivity index (χ2v) is 6.68. The van der Waals surface area contributed by atoms with Crippen LogP contribution in [0.2, 0.25) is 0 Å². The van der Waals surface area contributed by atoms with Crippen LogP contribution in [0, 0.1) is 13.8 Å². The van der Waals surface area contributed by atoms with Crippen molar-refractivity contribution in [2.45, 2.75) is 33.2 Å². The highest BCUT2D eigenvalue weighted by molar-refractivity contribution is 6.21. The number of nitrogens with zero attached hydrogens (tertiary/aromatic N) is 1. The number of rotatable bonds is 6. The molecular formula is C21H22N2O3. The summed E-state index contributed by atoms with van der Waals surface area (Å²) >= 11 is 0. The van der Waals surface area contributed by atoms with E-state index < -0.39 is 0 Å². The maximum atomic E-state index is 12.4. The molecule has 1 heterocycles. The van der Waals surface area contributed by atoms with Crippen molar-refractivity contribution in [1.29, 1.82) is 0 Å². The molecular weight excluding hydrogens is 328 g/mol. The molecule has 0 unspecified atom stereocenters. The first kappa shape index (κ1) is 17.9. The molecule has 1 aliphatic rings. The quantitative estimate of drug-likeness (QED) is 0.815. The molecule has 0 aliphatic carbocycles. The standard InChI is InChI=1S/C21H22N2O3/c1-14-5-3-6-16(11-14)13-22-19(24)7-4-10-23-20(25)17-9-8-15(2)12-18(17)21(23)26/h3,5-6,8-9,11-12H,4,7,10,13H2,1-2H3,(H,22,24). The third kappa shape index (κ3) is 3.82. The smallest absolute Gasteiger partial charge is 0.261 e. The summed E-state index contributed by atoms with van der Waals surface area (Å²) in [4.78, 5) is 38.0. The molecule has 0 radical (unpaired) electrons. The van der Waals surface area contributed by atoms with Crippen LogP contribution in [0.3, 0.4) is 0 Å². The Morgan fingerprint density at radius 2 is 1.69 bits per heavy atom. The van der Waals surface area contributed by atoms with E-state index in [9.17, 15) is 14.4 Å². The number of amides is 3. The Morgan fingerprint density at radius 3 is 2.46 bits per heavy atom. The maximum Gasteiger partial charge on any atom is 0.261 e. The van der Waals surface area contributed by atoms with Gasteiger partial charge in [0.25, 0.3) is 11.8 Å². The summed E-state index contributed by atoms with van der Waals surface area (Å²) in [5.74, 6) is -0.627. The summed E-state index contributed by atoms with van der Waals surface area (Å²) in [7, 11) is 0. The minimum atomic E-state index is -0.273. The zero-order chi connectivity index (χ0) is 18.7. The summed E-state index contributed by atoms with van der Waals surface area (Å²) in [5, 5.41) is 2.87. The zero-order valence-electron chi connectivity index (χ0n) is 15.0. The Hall–Kier alpha value is -2.95. The van der Waals surface area contributed by atoms with E-state index in [0.717, 1.165) is 16.7 Å². The molecule has 1 aliphatic heterocycles. The minimum Gasteiger partial charge on any atom is -0.352 e. The third-order valence-corrected chi connectivity index (χ3v) is 4.48. The van der Waals surface area contributed by atoms with Crippen molar-refractivity contribution in [3.63, 3.8) is 0 Å². The van der Waals surface area contributed by atoms with Gasteiger partial charge in [-0.2, -0.15) is 0 Å². The van der Waals surface area contributed by atoms with Gasteiger partial charge >= 0.3 is 0 Å². The van der Waals surface area contributed by atoms with Gasteiger partial charge in [0.2, 0.25) is 5.91 Å². The molecule has 26 heavy (non-hydrogen) atoms. The van der Waals surface area contributed by atoms with E-state index in [1.54, 1.807) is 12.1 Å². The Kier molecular flexibility index (Phi) is 5.16. The molecule has 0 saturated heterocycles. The monoisotopic (exact) mass is 350 g/mol. The fourth-order valence-corrected chi connectivity index (χ4v) is 3.12. The number of imide groups is 1. The van der Waals surface area contributed by atoms with Crippen LogP contribution >= 0.6 is 0 Å². The Labute approximate surface area is 153 Å². The molecule has 0 fully saturated rings. The molecule has 2 aromatic rings. The van der Waals surface area contributed by atoms with Gasteiger partial charge < -0.3 is 5.32 Å². The zero-order valence-corrected chi connectivity index (χ0v) is 15.0. The first-order valence-electron chi connectivity index (χ1n) is 8.75. The van der Waals surface area contributed by atoms with Crippen LogP contribution in [0.15, 0.2) is 42.5 Å². The molecule has 2 aromatic carbocycles. The minimum absolute atomic E-state index is 0.0843. The van der Waals surface area contributed by atoms with E-state index in [1.165, 1.54) is 4.90 Å². The highest BCUT2D eigenvalue weighted by atomic mass is 16.2. The SMILES string of the molecule is Cc1cccc(CNC(=O)CCCN2C(=O)c3ccc(C)cc3C2=O)c1. The van der Waals surface area contributed by atoms with Crippen molar-refractivity contribution >= 4 is 17.7 Å². The van der Waals surface area contributed by atoms with Gasteiger partial charge in [-0.3, -0.25) is 19.3 Å². The van der Waals surface area contributed by atoms with E-state index in [0.29, 0.717) is 24.1 Å². The lowest BCUT2D eigenvalue weighted by atomic mass is 10.1. The second-order valence-electron chi connectivity index (χ2n) is 6.68. The highest BCUT2D eigenvalue weighted by Gasteiger charge is 2.34. The topological polar surface area (TPSA) is 66.5 Å². The number of fused-ring (bicyclic) bond motifs is 1. The van der Waals surface area contributed by atoms with E-state index in [1.807, 2.05) is 44.2 Å².